The fourth-order valence-electron chi connectivity index (χ4n) is 2.38. The van der Waals surface area contributed by atoms with Gasteiger partial charge in [0, 0.05) is 49.5 Å². The molecular weight excluding hydrogens is 312 g/mol. The highest BCUT2D eigenvalue weighted by molar-refractivity contribution is 5.85. The van der Waals surface area contributed by atoms with Gasteiger partial charge in [-0.3, -0.25) is 14.4 Å². The van der Waals surface area contributed by atoms with Gasteiger partial charge in [-0.25, -0.2) is 0 Å². The SMILES string of the molecule is CC(=O)NCCc1c[nH]c2cc(OC(=O)CCCC(=O)O)ccc12. The molecule has 2 rings (SSSR count). The van der Waals surface area contributed by atoms with Gasteiger partial charge in [-0.05, 0) is 30.5 Å². The summed E-state index contributed by atoms with van der Waals surface area (Å²) in [6, 6.07) is 5.29. The fraction of sp³-hybridized carbons (Fsp3) is 0.353. The Morgan fingerprint density at radius 2 is 2.04 bits per heavy atom. The quantitative estimate of drug-likeness (QED) is 0.506. The van der Waals surface area contributed by atoms with Crippen LogP contribution in [0.2, 0.25) is 0 Å². The third-order valence-electron chi connectivity index (χ3n) is 3.51. The highest BCUT2D eigenvalue weighted by Gasteiger charge is 2.09. The van der Waals surface area contributed by atoms with Crippen molar-refractivity contribution in [3.8, 4) is 5.75 Å². The first-order valence-corrected chi connectivity index (χ1v) is 7.72. The van der Waals surface area contributed by atoms with Crippen LogP contribution in [0.15, 0.2) is 24.4 Å². The van der Waals surface area contributed by atoms with E-state index in [2.05, 4.69) is 10.3 Å². The van der Waals surface area contributed by atoms with E-state index in [0.29, 0.717) is 18.7 Å². The average Bonchev–Trinajstić information content (AvgIpc) is 2.89. The summed E-state index contributed by atoms with van der Waals surface area (Å²) in [6.45, 7) is 2.04. The minimum atomic E-state index is -0.928. The Kier molecular flexibility index (Phi) is 5.95. The Morgan fingerprint density at radius 1 is 1.25 bits per heavy atom. The Morgan fingerprint density at radius 3 is 2.75 bits per heavy atom. The van der Waals surface area contributed by atoms with Crippen molar-refractivity contribution < 1.29 is 24.2 Å². The molecule has 128 valence electrons. The van der Waals surface area contributed by atoms with Gasteiger partial charge in [-0.2, -0.15) is 0 Å². The molecule has 0 fully saturated rings. The molecule has 7 nitrogen and oxygen atoms in total. The molecule has 1 amide bonds. The van der Waals surface area contributed by atoms with Gasteiger partial charge < -0.3 is 20.1 Å². The summed E-state index contributed by atoms with van der Waals surface area (Å²) in [5.41, 5.74) is 1.90. The molecule has 1 aromatic heterocycles. The zero-order chi connectivity index (χ0) is 17.5. The van der Waals surface area contributed by atoms with Crippen molar-refractivity contribution >= 4 is 28.7 Å². The van der Waals surface area contributed by atoms with Crippen LogP contribution in [0.25, 0.3) is 10.9 Å². The van der Waals surface area contributed by atoms with Crippen molar-refractivity contribution in [3.05, 3.63) is 30.0 Å². The lowest BCUT2D eigenvalue weighted by atomic mass is 10.1. The zero-order valence-electron chi connectivity index (χ0n) is 13.4. The summed E-state index contributed by atoms with van der Waals surface area (Å²) in [5, 5.41) is 12.3. The van der Waals surface area contributed by atoms with Crippen LogP contribution in [0.3, 0.4) is 0 Å². The van der Waals surface area contributed by atoms with E-state index in [1.807, 2.05) is 12.3 Å². The van der Waals surface area contributed by atoms with E-state index in [0.717, 1.165) is 16.5 Å². The molecule has 3 N–H and O–H groups in total. The van der Waals surface area contributed by atoms with Gasteiger partial charge in [0.15, 0.2) is 0 Å². The largest absolute Gasteiger partial charge is 0.481 e. The first-order valence-electron chi connectivity index (χ1n) is 7.72. The Balaban J connectivity index is 1.95. The van der Waals surface area contributed by atoms with Gasteiger partial charge in [-0.1, -0.05) is 0 Å². The molecule has 0 spiro atoms. The number of esters is 1. The molecule has 0 saturated heterocycles. The van der Waals surface area contributed by atoms with Crippen molar-refractivity contribution in [2.24, 2.45) is 0 Å². The number of aromatic nitrogens is 1. The second-order valence-corrected chi connectivity index (χ2v) is 5.48. The molecule has 0 bridgehead atoms. The normalized spacial score (nSPS) is 10.5. The minimum Gasteiger partial charge on any atom is -0.481 e. The summed E-state index contributed by atoms with van der Waals surface area (Å²) in [7, 11) is 0. The monoisotopic (exact) mass is 332 g/mol. The second kappa shape index (κ2) is 8.14. The molecular formula is C17H20N2O5. The van der Waals surface area contributed by atoms with Crippen LogP contribution in [0.4, 0.5) is 0 Å². The number of aromatic amines is 1. The average molecular weight is 332 g/mol. The number of hydrogen-bond acceptors (Lipinski definition) is 4. The molecule has 2 aromatic rings. The number of H-pyrrole nitrogens is 1. The van der Waals surface area contributed by atoms with Crippen LogP contribution in [0, 0.1) is 0 Å². The van der Waals surface area contributed by atoms with E-state index < -0.39 is 11.9 Å². The number of carbonyl (C=O) groups excluding carboxylic acids is 2. The van der Waals surface area contributed by atoms with Gasteiger partial charge in [0.2, 0.25) is 5.91 Å². The van der Waals surface area contributed by atoms with Crippen LogP contribution in [0.5, 0.6) is 5.75 Å². The zero-order valence-corrected chi connectivity index (χ0v) is 13.4. The van der Waals surface area contributed by atoms with E-state index in [-0.39, 0.29) is 25.2 Å². The maximum Gasteiger partial charge on any atom is 0.311 e. The Bertz CT molecular complexity index is 751. The number of amides is 1. The topological polar surface area (TPSA) is 108 Å². The lowest BCUT2D eigenvalue weighted by molar-refractivity contribution is -0.137. The smallest absolute Gasteiger partial charge is 0.311 e. The predicted octanol–water partition coefficient (Wildman–Crippen LogP) is 2.01. The highest BCUT2D eigenvalue weighted by atomic mass is 16.5. The summed E-state index contributed by atoms with van der Waals surface area (Å²) in [4.78, 5) is 36.1. The number of rotatable bonds is 8. The molecule has 24 heavy (non-hydrogen) atoms. The molecule has 1 heterocycles. The summed E-state index contributed by atoms with van der Waals surface area (Å²) in [5.74, 6) is -1.03. The summed E-state index contributed by atoms with van der Waals surface area (Å²) >= 11 is 0. The number of carboxylic acids is 1. The van der Waals surface area contributed by atoms with Gasteiger partial charge in [0.05, 0.1) is 0 Å². The van der Waals surface area contributed by atoms with Gasteiger partial charge in [0.25, 0.3) is 0 Å². The van der Waals surface area contributed by atoms with Crippen LogP contribution in [0.1, 0.15) is 31.7 Å². The van der Waals surface area contributed by atoms with Crippen molar-refractivity contribution in [2.75, 3.05) is 6.54 Å². The van der Waals surface area contributed by atoms with Crippen LogP contribution < -0.4 is 10.1 Å². The van der Waals surface area contributed by atoms with Gasteiger partial charge >= 0.3 is 11.9 Å². The number of benzene rings is 1. The summed E-state index contributed by atoms with van der Waals surface area (Å²) in [6.07, 6.45) is 2.84. The third kappa shape index (κ3) is 5.12. The van der Waals surface area contributed by atoms with Crippen molar-refractivity contribution in [3.63, 3.8) is 0 Å². The van der Waals surface area contributed by atoms with E-state index in [1.54, 1.807) is 12.1 Å². The van der Waals surface area contributed by atoms with Crippen LogP contribution in [-0.2, 0) is 20.8 Å². The van der Waals surface area contributed by atoms with Gasteiger partial charge in [-0.15, -0.1) is 0 Å². The number of carboxylic acid groups (broad SMARTS) is 1. The first-order chi connectivity index (χ1) is 11.5. The van der Waals surface area contributed by atoms with Crippen LogP contribution >= 0.6 is 0 Å². The molecule has 1 aromatic carbocycles. The molecule has 0 atom stereocenters. The van der Waals surface area contributed by atoms with E-state index in [9.17, 15) is 14.4 Å². The number of carbonyl (C=O) groups is 3. The maximum atomic E-state index is 11.7. The lowest BCUT2D eigenvalue weighted by Gasteiger charge is -2.05. The first kappa shape index (κ1) is 17.5. The van der Waals surface area contributed by atoms with E-state index in [4.69, 9.17) is 9.84 Å². The van der Waals surface area contributed by atoms with Crippen LogP contribution in [-0.4, -0.2) is 34.5 Å². The number of hydrogen-bond donors (Lipinski definition) is 3. The molecule has 0 aliphatic rings. The third-order valence-corrected chi connectivity index (χ3v) is 3.51. The summed E-state index contributed by atoms with van der Waals surface area (Å²) < 4.78 is 5.22. The highest BCUT2D eigenvalue weighted by Crippen LogP contribution is 2.24. The number of nitrogens with one attached hydrogen (secondary N) is 2. The van der Waals surface area contributed by atoms with Crippen molar-refractivity contribution in [1.82, 2.24) is 10.3 Å². The van der Waals surface area contributed by atoms with Gasteiger partial charge in [0.1, 0.15) is 5.75 Å². The standard InChI is InChI=1S/C17H20N2O5/c1-11(20)18-8-7-12-10-19-15-9-13(5-6-14(12)15)24-17(23)4-2-3-16(21)22/h5-6,9-10,19H,2-4,7-8H2,1H3,(H,18,20)(H,21,22). The van der Waals surface area contributed by atoms with Crippen molar-refractivity contribution in [2.45, 2.75) is 32.6 Å². The molecule has 7 heteroatoms. The molecule has 0 radical (unpaired) electrons. The molecule has 0 saturated carbocycles. The lowest BCUT2D eigenvalue weighted by Crippen LogP contribution is -2.22. The molecule has 0 aliphatic heterocycles. The maximum absolute atomic E-state index is 11.7. The minimum absolute atomic E-state index is 0.0532. The number of ether oxygens (including phenoxy) is 1. The van der Waals surface area contributed by atoms with Crippen molar-refractivity contribution in [1.29, 1.82) is 0 Å². The Hall–Kier alpha value is -2.83. The number of fused-ring (bicyclic) bond motifs is 1. The second-order valence-electron chi connectivity index (χ2n) is 5.48. The predicted molar refractivity (Wildman–Crippen MR) is 87.8 cm³/mol. The fourth-order valence-corrected chi connectivity index (χ4v) is 2.38. The molecule has 0 aliphatic carbocycles. The molecule has 0 unspecified atom stereocenters. The van der Waals surface area contributed by atoms with E-state index >= 15 is 0 Å². The number of aliphatic carboxylic acids is 1. The van der Waals surface area contributed by atoms with E-state index in [1.165, 1.54) is 6.92 Å². The Labute approximate surface area is 139 Å².